The molecule has 0 aliphatic rings. The maximum atomic E-state index is 11.0. The Morgan fingerprint density at radius 2 is 1.68 bits per heavy atom. The molecule has 0 aliphatic heterocycles. The fourth-order valence-corrected chi connectivity index (χ4v) is 5.43. The average Bonchev–Trinajstić information content (AvgIpc) is 3.34. The third kappa shape index (κ3) is 7.19. The number of aliphatic hydroxyl groups is 2. The molecular weight excluding hydrogens is 478 g/mol. The van der Waals surface area contributed by atoms with Gasteiger partial charge in [-0.2, -0.15) is 0 Å². The highest BCUT2D eigenvalue weighted by Crippen LogP contribution is 2.35. The largest absolute Gasteiger partial charge is 0.485 e. The van der Waals surface area contributed by atoms with Crippen molar-refractivity contribution in [3.8, 4) is 16.3 Å². The van der Waals surface area contributed by atoms with E-state index in [2.05, 4.69) is 56.3 Å². The lowest BCUT2D eigenvalue weighted by molar-refractivity contribution is 0.0406. The number of nitrogens with zero attached hydrogens (tertiary/aromatic N) is 1. The Hall–Kier alpha value is -2.73. The van der Waals surface area contributed by atoms with E-state index >= 15 is 0 Å². The first-order chi connectivity index (χ1) is 17.7. The third-order valence-electron chi connectivity index (χ3n) is 6.27. The SMILES string of the molecule is CC.Cc1cc(C(O)CCc2sc(-c3ccc4ccccc4c3)nc2C(C)C)ccc1OC(C)(C)CO. The molecule has 0 radical (unpaired) electrons. The maximum absolute atomic E-state index is 11.0. The first kappa shape index (κ1) is 28.8. The van der Waals surface area contributed by atoms with Crippen LogP contribution in [0.4, 0.5) is 0 Å². The molecule has 1 unspecified atom stereocenters. The molecule has 37 heavy (non-hydrogen) atoms. The van der Waals surface area contributed by atoms with Crippen molar-refractivity contribution in [3.05, 3.63) is 82.4 Å². The van der Waals surface area contributed by atoms with Gasteiger partial charge in [-0.05, 0) is 79.6 Å². The number of hydrogen-bond acceptors (Lipinski definition) is 5. The topological polar surface area (TPSA) is 62.6 Å². The normalized spacial score (nSPS) is 12.4. The number of hydrogen-bond donors (Lipinski definition) is 2. The Labute approximate surface area is 226 Å². The van der Waals surface area contributed by atoms with Gasteiger partial charge in [0.05, 0.1) is 18.4 Å². The molecule has 0 saturated carbocycles. The minimum Gasteiger partial charge on any atom is -0.485 e. The van der Waals surface area contributed by atoms with Crippen LogP contribution in [0.25, 0.3) is 21.3 Å². The minimum absolute atomic E-state index is 0.0644. The molecule has 0 amide bonds. The predicted octanol–water partition coefficient (Wildman–Crippen LogP) is 8.24. The van der Waals surface area contributed by atoms with Crippen molar-refractivity contribution in [1.82, 2.24) is 4.98 Å². The van der Waals surface area contributed by atoms with Crippen molar-refractivity contribution in [3.63, 3.8) is 0 Å². The van der Waals surface area contributed by atoms with Crippen LogP contribution in [0.3, 0.4) is 0 Å². The van der Waals surface area contributed by atoms with Crippen LogP contribution >= 0.6 is 11.3 Å². The van der Waals surface area contributed by atoms with E-state index in [0.29, 0.717) is 12.3 Å². The molecule has 1 heterocycles. The first-order valence-corrected chi connectivity index (χ1v) is 14.1. The van der Waals surface area contributed by atoms with Gasteiger partial charge >= 0.3 is 0 Å². The summed E-state index contributed by atoms with van der Waals surface area (Å²) < 4.78 is 5.92. The fourth-order valence-electron chi connectivity index (χ4n) is 4.20. The van der Waals surface area contributed by atoms with Gasteiger partial charge < -0.3 is 14.9 Å². The monoisotopic (exact) mass is 519 g/mol. The molecule has 198 valence electrons. The van der Waals surface area contributed by atoms with Crippen molar-refractivity contribution in [1.29, 1.82) is 0 Å². The summed E-state index contributed by atoms with van der Waals surface area (Å²) in [5.74, 6) is 1.05. The van der Waals surface area contributed by atoms with E-state index in [1.54, 1.807) is 11.3 Å². The van der Waals surface area contributed by atoms with Crippen molar-refractivity contribution < 1.29 is 14.9 Å². The highest BCUT2D eigenvalue weighted by Gasteiger charge is 2.21. The van der Waals surface area contributed by atoms with E-state index in [4.69, 9.17) is 9.72 Å². The smallest absolute Gasteiger partial charge is 0.126 e. The predicted molar refractivity (Wildman–Crippen MR) is 157 cm³/mol. The molecular formula is C32H41NO3S. The fraction of sp³-hybridized carbons (Fsp3) is 0.406. The Bertz CT molecular complexity index is 1310. The van der Waals surface area contributed by atoms with Crippen LogP contribution in [0.2, 0.25) is 0 Å². The van der Waals surface area contributed by atoms with Crippen LogP contribution in [0.1, 0.15) is 81.7 Å². The van der Waals surface area contributed by atoms with Gasteiger partial charge in [0.25, 0.3) is 0 Å². The third-order valence-corrected chi connectivity index (χ3v) is 7.45. The highest BCUT2D eigenvalue weighted by atomic mass is 32.1. The van der Waals surface area contributed by atoms with Crippen LogP contribution < -0.4 is 4.74 Å². The molecule has 0 aliphatic carbocycles. The van der Waals surface area contributed by atoms with Gasteiger partial charge in [0, 0.05) is 10.4 Å². The summed E-state index contributed by atoms with van der Waals surface area (Å²) in [6, 6.07) is 20.7. The molecule has 4 rings (SSSR count). The van der Waals surface area contributed by atoms with Gasteiger partial charge in [-0.15, -0.1) is 11.3 Å². The highest BCUT2D eigenvalue weighted by molar-refractivity contribution is 7.15. The standard InChI is InChI=1S/C30H35NO3S.C2H6/c1-19(2)28-27(35-29(31-28)24-11-10-21-8-6-7-9-22(21)17-24)15-13-25(33)23-12-14-26(20(3)16-23)34-30(4,5)18-32;1-2/h6-12,14,16-17,19,25,32-33H,13,15,18H2,1-5H3;1-2H3. The zero-order chi connectivity index (χ0) is 27.2. The number of benzene rings is 3. The number of ether oxygens (including phenoxy) is 1. The molecule has 1 atom stereocenters. The Morgan fingerprint density at radius 1 is 0.973 bits per heavy atom. The van der Waals surface area contributed by atoms with Crippen molar-refractivity contribution in [2.24, 2.45) is 0 Å². The van der Waals surface area contributed by atoms with Crippen LogP contribution in [0, 0.1) is 6.92 Å². The Morgan fingerprint density at radius 3 is 2.32 bits per heavy atom. The molecule has 0 saturated heterocycles. The van der Waals surface area contributed by atoms with Gasteiger partial charge in [0.15, 0.2) is 0 Å². The quantitative estimate of drug-likeness (QED) is 0.234. The second-order valence-electron chi connectivity index (χ2n) is 10.1. The van der Waals surface area contributed by atoms with Gasteiger partial charge in [0.2, 0.25) is 0 Å². The van der Waals surface area contributed by atoms with Gasteiger partial charge in [0.1, 0.15) is 16.4 Å². The zero-order valence-electron chi connectivity index (χ0n) is 23.2. The van der Waals surface area contributed by atoms with Crippen molar-refractivity contribution in [2.75, 3.05) is 6.61 Å². The number of aryl methyl sites for hydroxylation is 2. The lowest BCUT2D eigenvalue weighted by atomic mass is 10.00. The van der Waals surface area contributed by atoms with Crippen LogP contribution in [0.15, 0.2) is 60.7 Å². The van der Waals surface area contributed by atoms with Gasteiger partial charge in [-0.1, -0.05) is 70.2 Å². The molecule has 4 nitrogen and oxygen atoms in total. The summed E-state index contributed by atoms with van der Waals surface area (Å²) in [5, 5.41) is 23.9. The minimum atomic E-state index is -0.646. The van der Waals surface area contributed by atoms with E-state index < -0.39 is 11.7 Å². The van der Waals surface area contributed by atoms with E-state index in [0.717, 1.165) is 39.6 Å². The van der Waals surface area contributed by atoms with Gasteiger partial charge in [-0.3, -0.25) is 0 Å². The van der Waals surface area contributed by atoms with Crippen molar-refractivity contribution >= 4 is 22.1 Å². The molecule has 3 aromatic carbocycles. The Kier molecular flexibility index (Phi) is 9.88. The lowest BCUT2D eigenvalue weighted by Gasteiger charge is -2.25. The summed E-state index contributed by atoms with van der Waals surface area (Å²) in [4.78, 5) is 6.24. The van der Waals surface area contributed by atoms with E-state index in [1.807, 2.05) is 52.8 Å². The summed E-state index contributed by atoms with van der Waals surface area (Å²) >= 11 is 1.74. The zero-order valence-corrected chi connectivity index (χ0v) is 24.0. The van der Waals surface area contributed by atoms with Crippen LogP contribution in [-0.2, 0) is 6.42 Å². The number of fused-ring (bicyclic) bond motifs is 1. The molecule has 2 N–H and O–H groups in total. The summed E-state index contributed by atoms with van der Waals surface area (Å²) in [7, 11) is 0. The summed E-state index contributed by atoms with van der Waals surface area (Å²) in [6.07, 6.45) is 0.829. The second kappa shape index (κ2) is 12.7. The summed E-state index contributed by atoms with van der Waals surface area (Å²) in [6.45, 7) is 14.0. The molecule has 0 bridgehead atoms. The number of rotatable bonds is 9. The van der Waals surface area contributed by atoms with Gasteiger partial charge in [-0.25, -0.2) is 4.98 Å². The molecule has 4 aromatic rings. The summed E-state index contributed by atoms with van der Waals surface area (Å²) in [5.41, 5.74) is 3.44. The van der Waals surface area contributed by atoms with Crippen LogP contribution in [0.5, 0.6) is 5.75 Å². The molecule has 5 heteroatoms. The molecule has 0 fully saturated rings. The van der Waals surface area contributed by atoms with E-state index in [1.165, 1.54) is 15.6 Å². The van der Waals surface area contributed by atoms with Crippen LogP contribution in [-0.4, -0.2) is 27.4 Å². The number of aromatic nitrogens is 1. The average molecular weight is 520 g/mol. The number of aliphatic hydroxyl groups excluding tert-OH is 2. The molecule has 1 aromatic heterocycles. The Balaban J connectivity index is 0.00000186. The van der Waals surface area contributed by atoms with E-state index in [-0.39, 0.29) is 6.61 Å². The first-order valence-electron chi connectivity index (χ1n) is 13.2. The van der Waals surface area contributed by atoms with E-state index in [9.17, 15) is 10.2 Å². The maximum Gasteiger partial charge on any atom is 0.126 e. The lowest BCUT2D eigenvalue weighted by Crippen LogP contribution is -2.32. The second-order valence-corrected chi connectivity index (χ2v) is 11.2. The van der Waals surface area contributed by atoms with Crippen molar-refractivity contribution in [2.45, 2.75) is 78.9 Å². The molecule has 0 spiro atoms. The number of thiazole rings is 1.